The predicted octanol–water partition coefficient (Wildman–Crippen LogP) is 3.86. The summed E-state index contributed by atoms with van der Waals surface area (Å²) in [6, 6.07) is 0. The fourth-order valence-corrected chi connectivity index (χ4v) is 1.74. The smallest absolute Gasteiger partial charge is 0.159 e. The maximum atomic E-state index is 11.4. The van der Waals surface area contributed by atoms with Gasteiger partial charge in [-0.05, 0) is 58.1 Å². The van der Waals surface area contributed by atoms with Crippen LogP contribution >= 0.6 is 0 Å². The molecule has 0 amide bonds. The van der Waals surface area contributed by atoms with Gasteiger partial charge in [0.05, 0.1) is 0 Å². The number of ketones is 1. The Labute approximate surface area is 105 Å². The first-order valence-corrected chi connectivity index (χ1v) is 6.16. The molecule has 0 aromatic rings. The van der Waals surface area contributed by atoms with Crippen LogP contribution in [0.2, 0.25) is 0 Å². The van der Waals surface area contributed by atoms with Gasteiger partial charge in [-0.1, -0.05) is 18.1 Å². The average Bonchev–Trinajstić information content (AvgIpc) is 2.17. The highest BCUT2D eigenvalue weighted by atomic mass is 16.1. The fourth-order valence-electron chi connectivity index (χ4n) is 1.74. The molecule has 0 N–H and O–H groups in total. The topological polar surface area (TPSA) is 34.1 Å². The van der Waals surface area contributed by atoms with Crippen molar-refractivity contribution in [1.29, 1.82) is 0 Å². The predicted molar refractivity (Wildman–Crippen MR) is 71.9 cm³/mol. The molecule has 1 fully saturated rings. The van der Waals surface area contributed by atoms with Crippen molar-refractivity contribution in [3.63, 3.8) is 0 Å². The van der Waals surface area contributed by atoms with E-state index < -0.39 is 0 Å². The minimum atomic E-state index is 0.378. The van der Waals surface area contributed by atoms with E-state index >= 15 is 0 Å². The third kappa shape index (κ3) is 6.88. The van der Waals surface area contributed by atoms with Gasteiger partial charge in [-0.2, -0.15) is 0 Å². The normalized spacial score (nSPS) is 19.0. The molecule has 1 saturated carbocycles. The summed E-state index contributed by atoms with van der Waals surface area (Å²) in [5, 5.41) is 0. The number of hydrogen-bond donors (Lipinski definition) is 0. The van der Waals surface area contributed by atoms with E-state index in [9.17, 15) is 9.59 Å². The van der Waals surface area contributed by atoms with Crippen molar-refractivity contribution >= 4 is 12.1 Å². The second-order valence-electron chi connectivity index (χ2n) is 5.13. The van der Waals surface area contributed by atoms with E-state index in [2.05, 4.69) is 6.92 Å². The number of aldehydes is 1. The van der Waals surface area contributed by atoms with Crippen LogP contribution in [-0.4, -0.2) is 12.1 Å². The van der Waals surface area contributed by atoms with Gasteiger partial charge in [-0.15, -0.1) is 0 Å². The monoisotopic (exact) mass is 236 g/mol. The minimum absolute atomic E-state index is 0.378. The van der Waals surface area contributed by atoms with Gasteiger partial charge in [0.1, 0.15) is 6.29 Å². The SMILES string of the molecule is CC(C)=C1CC[C@@H](C)CC1=O.CC(C)=CC=O. The molecular formula is C15H24O2. The Morgan fingerprint density at radius 1 is 1.24 bits per heavy atom. The lowest BCUT2D eigenvalue weighted by molar-refractivity contribution is -0.117. The van der Waals surface area contributed by atoms with Crippen molar-refractivity contribution in [2.75, 3.05) is 0 Å². The molecule has 0 unspecified atom stereocenters. The van der Waals surface area contributed by atoms with E-state index in [0.29, 0.717) is 11.7 Å². The molecule has 0 aromatic carbocycles. The van der Waals surface area contributed by atoms with Crippen LogP contribution in [0.15, 0.2) is 22.8 Å². The Morgan fingerprint density at radius 2 is 1.82 bits per heavy atom. The number of rotatable bonds is 1. The first-order valence-electron chi connectivity index (χ1n) is 6.16. The summed E-state index contributed by atoms with van der Waals surface area (Å²) in [6.07, 6.45) is 5.27. The summed E-state index contributed by atoms with van der Waals surface area (Å²) in [7, 11) is 0. The molecule has 1 aliphatic carbocycles. The van der Waals surface area contributed by atoms with Crippen LogP contribution in [0.25, 0.3) is 0 Å². The first-order chi connectivity index (χ1) is 7.88. The second-order valence-corrected chi connectivity index (χ2v) is 5.13. The van der Waals surface area contributed by atoms with Crippen molar-refractivity contribution < 1.29 is 9.59 Å². The lowest BCUT2D eigenvalue weighted by Crippen LogP contribution is -2.16. The van der Waals surface area contributed by atoms with Crippen LogP contribution in [0.3, 0.4) is 0 Å². The molecule has 2 heteroatoms. The standard InChI is InChI=1S/C10H16O.C5H8O/c1-7(2)9-5-4-8(3)6-10(9)11;1-5(2)3-4-6/h8H,4-6H2,1-3H3;3-4H,1-2H3/t8-;/m1./s1. The molecule has 0 aliphatic heterocycles. The van der Waals surface area contributed by atoms with Gasteiger partial charge >= 0.3 is 0 Å². The van der Waals surface area contributed by atoms with Gasteiger partial charge in [0.25, 0.3) is 0 Å². The number of allylic oxidation sites excluding steroid dienone is 4. The molecule has 0 bridgehead atoms. The molecule has 0 heterocycles. The third-order valence-electron chi connectivity index (χ3n) is 2.76. The summed E-state index contributed by atoms with van der Waals surface area (Å²) in [5.74, 6) is 0.981. The largest absolute Gasteiger partial charge is 0.299 e. The van der Waals surface area contributed by atoms with E-state index in [1.165, 1.54) is 18.1 Å². The van der Waals surface area contributed by atoms with Crippen LogP contribution in [0.4, 0.5) is 0 Å². The highest BCUT2D eigenvalue weighted by Crippen LogP contribution is 2.26. The second kappa shape index (κ2) is 7.99. The number of Topliss-reactive ketones (excluding diaryl/α,β-unsaturated/α-hetero) is 1. The minimum Gasteiger partial charge on any atom is -0.299 e. The molecule has 17 heavy (non-hydrogen) atoms. The van der Waals surface area contributed by atoms with Crippen molar-refractivity contribution in [3.8, 4) is 0 Å². The van der Waals surface area contributed by atoms with Gasteiger partial charge in [0, 0.05) is 6.42 Å². The Morgan fingerprint density at radius 3 is 2.12 bits per heavy atom. The maximum Gasteiger partial charge on any atom is 0.159 e. The van der Waals surface area contributed by atoms with Crippen molar-refractivity contribution in [2.45, 2.75) is 53.9 Å². The molecule has 1 aliphatic rings. The number of carbonyl (C=O) groups is 2. The lowest BCUT2D eigenvalue weighted by Gasteiger charge is -2.19. The van der Waals surface area contributed by atoms with Crippen LogP contribution in [0.1, 0.15) is 53.9 Å². The highest BCUT2D eigenvalue weighted by molar-refractivity contribution is 5.96. The summed E-state index contributed by atoms with van der Waals surface area (Å²) >= 11 is 0. The summed E-state index contributed by atoms with van der Waals surface area (Å²) in [4.78, 5) is 20.9. The van der Waals surface area contributed by atoms with E-state index in [1.54, 1.807) is 0 Å². The van der Waals surface area contributed by atoms with Crippen LogP contribution in [0.5, 0.6) is 0 Å². The molecule has 1 rings (SSSR count). The lowest BCUT2D eigenvalue weighted by atomic mass is 9.84. The molecule has 1 atom stereocenters. The van der Waals surface area contributed by atoms with Gasteiger partial charge in [-0.25, -0.2) is 0 Å². The van der Waals surface area contributed by atoms with E-state index in [-0.39, 0.29) is 0 Å². The van der Waals surface area contributed by atoms with Gasteiger partial charge in [-0.3, -0.25) is 9.59 Å². The Kier molecular flexibility index (Phi) is 7.44. The maximum absolute atomic E-state index is 11.4. The summed E-state index contributed by atoms with van der Waals surface area (Å²) < 4.78 is 0. The zero-order valence-corrected chi connectivity index (χ0v) is 11.7. The van der Waals surface area contributed by atoms with Gasteiger partial charge < -0.3 is 0 Å². The van der Waals surface area contributed by atoms with Gasteiger partial charge in [0.2, 0.25) is 0 Å². The Bertz CT molecular complexity index is 327. The zero-order chi connectivity index (χ0) is 13.4. The highest BCUT2D eigenvalue weighted by Gasteiger charge is 2.20. The van der Waals surface area contributed by atoms with Crippen LogP contribution < -0.4 is 0 Å². The Balaban J connectivity index is 0.000000366. The molecule has 0 aromatic heterocycles. The summed E-state index contributed by atoms with van der Waals surface area (Å²) in [5.41, 5.74) is 3.34. The van der Waals surface area contributed by atoms with Crippen LogP contribution in [0, 0.1) is 5.92 Å². The van der Waals surface area contributed by atoms with Gasteiger partial charge in [0.15, 0.2) is 5.78 Å². The fraction of sp³-hybridized carbons (Fsp3) is 0.600. The third-order valence-corrected chi connectivity index (χ3v) is 2.76. The zero-order valence-electron chi connectivity index (χ0n) is 11.7. The summed E-state index contributed by atoms with van der Waals surface area (Å²) in [6.45, 7) is 9.98. The van der Waals surface area contributed by atoms with E-state index in [1.807, 2.05) is 27.7 Å². The van der Waals surface area contributed by atoms with Crippen molar-refractivity contribution in [3.05, 3.63) is 22.8 Å². The van der Waals surface area contributed by atoms with Crippen molar-refractivity contribution in [2.24, 2.45) is 5.92 Å². The number of carbonyl (C=O) groups excluding carboxylic acids is 2. The first kappa shape index (κ1) is 15.8. The molecule has 96 valence electrons. The van der Waals surface area contributed by atoms with Crippen LogP contribution in [-0.2, 0) is 9.59 Å². The molecule has 0 saturated heterocycles. The Hall–Kier alpha value is -1.18. The molecular weight excluding hydrogens is 212 g/mol. The molecule has 0 radical (unpaired) electrons. The van der Waals surface area contributed by atoms with E-state index in [4.69, 9.17) is 0 Å². The van der Waals surface area contributed by atoms with Crippen molar-refractivity contribution in [1.82, 2.24) is 0 Å². The average molecular weight is 236 g/mol. The quantitative estimate of drug-likeness (QED) is 0.511. The molecule has 2 nitrogen and oxygen atoms in total. The number of hydrogen-bond acceptors (Lipinski definition) is 2. The van der Waals surface area contributed by atoms with E-state index in [0.717, 1.165) is 30.3 Å². The molecule has 0 spiro atoms.